The third-order valence-corrected chi connectivity index (χ3v) is 1.68. The molecule has 0 unspecified atom stereocenters. The molecule has 0 fully saturated rings. The highest BCUT2D eigenvalue weighted by molar-refractivity contribution is 5.48. The molecule has 0 atom stereocenters. The van der Waals surface area contributed by atoms with Gasteiger partial charge in [-0.05, 0) is 12.1 Å². The summed E-state index contributed by atoms with van der Waals surface area (Å²) in [4.78, 5) is 0. The first-order valence-electron chi connectivity index (χ1n) is 3.40. The minimum Gasteiger partial charge on any atom is -0.493 e. The van der Waals surface area contributed by atoms with Crippen LogP contribution >= 0.6 is 0 Å². The van der Waals surface area contributed by atoms with Gasteiger partial charge in [0.15, 0.2) is 0 Å². The molecule has 1 radical (unpaired) electrons. The molecule has 2 rings (SSSR count). The summed E-state index contributed by atoms with van der Waals surface area (Å²) >= 11 is 0. The predicted octanol–water partition coefficient (Wildman–Crippen LogP) is 1.50. The monoisotopic (exact) mass is 144 g/mol. The van der Waals surface area contributed by atoms with Gasteiger partial charge in [0.1, 0.15) is 5.75 Å². The highest BCUT2D eigenvalue weighted by atomic mass is 16.5. The Morgan fingerprint density at radius 3 is 3.18 bits per heavy atom. The lowest BCUT2D eigenvalue weighted by Crippen LogP contribution is -1.84. The Bertz CT molecular complexity index is 325. The van der Waals surface area contributed by atoms with Crippen molar-refractivity contribution < 1.29 is 4.74 Å². The molecule has 0 spiro atoms. The molecule has 1 aromatic rings. The summed E-state index contributed by atoms with van der Waals surface area (Å²) < 4.78 is 5.23. The molecule has 0 saturated carbocycles. The number of ether oxygens (including phenoxy) is 1. The zero-order valence-corrected chi connectivity index (χ0v) is 5.87. The van der Waals surface area contributed by atoms with Crippen molar-refractivity contribution in [1.82, 2.24) is 0 Å². The second-order valence-corrected chi connectivity index (χ2v) is 2.38. The molecule has 0 amide bonds. The van der Waals surface area contributed by atoms with Gasteiger partial charge in [0.25, 0.3) is 0 Å². The Hall–Kier alpha value is -1.49. The Kier molecular flexibility index (Phi) is 1.29. The number of nitriles is 1. The average molecular weight is 144 g/mol. The standard InChI is InChI=1S/C9H6NO/c10-6-7-1-2-8-3-4-11-9(8)5-7/h1-3,5H,4H2. The fourth-order valence-corrected chi connectivity index (χ4v) is 1.12. The highest BCUT2D eigenvalue weighted by Crippen LogP contribution is 2.26. The van der Waals surface area contributed by atoms with Crippen molar-refractivity contribution in [3.05, 3.63) is 35.7 Å². The van der Waals surface area contributed by atoms with Crippen molar-refractivity contribution in [3.63, 3.8) is 0 Å². The smallest absolute Gasteiger partial charge is 0.124 e. The van der Waals surface area contributed by atoms with E-state index >= 15 is 0 Å². The van der Waals surface area contributed by atoms with Gasteiger partial charge in [0.05, 0.1) is 18.2 Å². The fraction of sp³-hybridized carbons (Fsp3) is 0.111. The van der Waals surface area contributed by atoms with E-state index in [0.717, 1.165) is 11.3 Å². The maximum Gasteiger partial charge on any atom is 0.124 e. The van der Waals surface area contributed by atoms with E-state index in [0.29, 0.717) is 12.2 Å². The molecular formula is C9H6NO. The lowest BCUT2D eigenvalue weighted by Gasteiger charge is -1.96. The van der Waals surface area contributed by atoms with Gasteiger partial charge in [-0.2, -0.15) is 5.26 Å². The molecule has 53 valence electrons. The molecule has 0 N–H and O–H groups in total. The molecule has 0 bridgehead atoms. The Balaban J connectivity index is 2.51. The quantitative estimate of drug-likeness (QED) is 0.552. The predicted molar refractivity (Wildman–Crippen MR) is 40.1 cm³/mol. The van der Waals surface area contributed by atoms with Crippen molar-refractivity contribution in [2.75, 3.05) is 6.61 Å². The molecule has 1 aliphatic rings. The highest BCUT2D eigenvalue weighted by Gasteiger charge is 2.11. The summed E-state index contributed by atoms with van der Waals surface area (Å²) in [5.41, 5.74) is 1.74. The lowest BCUT2D eigenvalue weighted by atomic mass is 10.1. The van der Waals surface area contributed by atoms with Crippen molar-refractivity contribution in [1.29, 1.82) is 5.26 Å². The van der Waals surface area contributed by atoms with Crippen molar-refractivity contribution >= 4 is 0 Å². The van der Waals surface area contributed by atoms with Crippen LogP contribution in [0.1, 0.15) is 11.1 Å². The van der Waals surface area contributed by atoms with E-state index < -0.39 is 0 Å². The van der Waals surface area contributed by atoms with Crippen LogP contribution in [-0.4, -0.2) is 6.61 Å². The summed E-state index contributed by atoms with van der Waals surface area (Å²) in [5.74, 6) is 0.823. The molecule has 0 saturated heterocycles. The summed E-state index contributed by atoms with van der Waals surface area (Å²) in [7, 11) is 0. The molecule has 1 heterocycles. The number of benzene rings is 1. The Morgan fingerprint density at radius 2 is 2.36 bits per heavy atom. The summed E-state index contributed by atoms with van der Waals surface area (Å²) in [5, 5.41) is 8.55. The van der Waals surface area contributed by atoms with Gasteiger partial charge in [-0.3, -0.25) is 0 Å². The minimum absolute atomic E-state index is 0.629. The minimum atomic E-state index is 0.629. The Labute approximate surface area is 65.0 Å². The molecule has 0 aliphatic carbocycles. The van der Waals surface area contributed by atoms with Crippen molar-refractivity contribution in [2.45, 2.75) is 0 Å². The van der Waals surface area contributed by atoms with E-state index in [1.165, 1.54) is 0 Å². The first-order chi connectivity index (χ1) is 5.40. The molecule has 2 heteroatoms. The summed E-state index contributed by atoms with van der Waals surface area (Å²) in [6.07, 6.45) is 2.00. The van der Waals surface area contributed by atoms with Gasteiger partial charge in [-0.15, -0.1) is 0 Å². The second-order valence-electron chi connectivity index (χ2n) is 2.38. The molecule has 1 aromatic carbocycles. The number of fused-ring (bicyclic) bond motifs is 1. The van der Waals surface area contributed by atoms with Gasteiger partial charge >= 0.3 is 0 Å². The van der Waals surface area contributed by atoms with Gasteiger partial charge < -0.3 is 4.74 Å². The van der Waals surface area contributed by atoms with Crippen LogP contribution in [0.5, 0.6) is 5.75 Å². The van der Waals surface area contributed by atoms with Gasteiger partial charge in [-0.1, -0.05) is 6.07 Å². The van der Waals surface area contributed by atoms with Crippen LogP contribution in [0, 0.1) is 17.8 Å². The largest absolute Gasteiger partial charge is 0.493 e. The summed E-state index contributed by atoms with van der Waals surface area (Å²) in [6.45, 7) is 0.629. The van der Waals surface area contributed by atoms with E-state index in [1.54, 1.807) is 12.1 Å². The lowest BCUT2D eigenvalue weighted by molar-refractivity contribution is 0.377. The van der Waals surface area contributed by atoms with E-state index in [2.05, 4.69) is 6.07 Å². The zero-order valence-electron chi connectivity index (χ0n) is 5.87. The first-order valence-corrected chi connectivity index (χ1v) is 3.40. The van der Waals surface area contributed by atoms with Crippen LogP contribution in [0.15, 0.2) is 18.2 Å². The Morgan fingerprint density at radius 1 is 1.45 bits per heavy atom. The number of rotatable bonds is 0. The van der Waals surface area contributed by atoms with Crippen LogP contribution in [-0.2, 0) is 0 Å². The fourth-order valence-electron chi connectivity index (χ4n) is 1.12. The van der Waals surface area contributed by atoms with Crippen LogP contribution in [0.4, 0.5) is 0 Å². The number of hydrogen-bond donors (Lipinski definition) is 0. The van der Waals surface area contributed by atoms with E-state index in [-0.39, 0.29) is 0 Å². The summed E-state index contributed by atoms with van der Waals surface area (Å²) in [6, 6.07) is 7.52. The van der Waals surface area contributed by atoms with E-state index in [4.69, 9.17) is 10.00 Å². The van der Waals surface area contributed by atoms with Crippen molar-refractivity contribution in [2.24, 2.45) is 0 Å². The maximum atomic E-state index is 8.55. The molecule has 0 aromatic heterocycles. The van der Waals surface area contributed by atoms with E-state index in [1.807, 2.05) is 12.5 Å². The number of hydrogen-bond acceptors (Lipinski definition) is 2. The molecule has 1 aliphatic heterocycles. The average Bonchev–Trinajstić information content (AvgIpc) is 2.50. The van der Waals surface area contributed by atoms with Crippen LogP contribution in [0.2, 0.25) is 0 Å². The third-order valence-electron chi connectivity index (χ3n) is 1.68. The van der Waals surface area contributed by atoms with Gasteiger partial charge in [-0.25, -0.2) is 0 Å². The van der Waals surface area contributed by atoms with Crippen molar-refractivity contribution in [3.8, 4) is 11.8 Å². The molecular weight excluding hydrogens is 138 g/mol. The maximum absolute atomic E-state index is 8.55. The zero-order chi connectivity index (χ0) is 7.68. The van der Waals surface area contributed by atoms with Crippen LogP contribution in [0.3, 0.4) is 0 Å². The number of nitrogens with zero attached hydrogens (tertiary/aromatic N) is 1. The van der Waals surface area contributed by atoms with E-state index in [9.17, 15) is 0 Å². The topological polar surface area (TPSA) is 33.0 Å². The van der Waals surface area contributed by atoms with Crippen LogP contribution in [0.25, 0.3) is 0 Å². The SMILES string of the molecule is N#Cc1ccc2c(c1)OC[CH]2. The third kappa shape index (κ3) is 0.947. The van der Waals surface area contributed by atoms with Gasteiger partial charge in [0, 0.05) is 12.0 Å². The first kappa shape index (κ1) is 6.23. The normalized spacial score (nSPS) is 13.4. The molecule has 11 heavy (non-hydrogen) atoms. The van der Waals surface area contributed by atoms with Gasteiger partial charge in [0.2, 0.25) is 0 Å². The molecule has 2 nitrogen and oxygen atoms in total. The second kappa shape index (κ2) is 2.28. The van der Waals surface area contributed by atoms with Crippen LogP contribution < -0.4 is 4.74 Å².